The third-order valence-electron chi connectivity index (χ3n) is 3.87. The molecule has 20 heavy (non-hydrogen) atoms. The number of halogens is 1. The minimum atomic E-state index is 0. The van der Waals surface area contributed by atoms with Crippen LogP contribution in [0.2, 0.25) is 0 Å². The molecule has 124 valence electrons. The Hall–Kier alpha value is 0.250. The average Bonchev–Trinajstić information content (AvgIpc) is 2.34. The maximum Gasteiger partial charge on any atom is 0.0390 e. The molecule has 0 aliphatic rings. The van der Waals surface area contributed by atoms with E-state index < -0.39 is 0 Å². The van der Waals surface area contributed by atoms with Crippen LogP contribution < -0.4 is 6.15 Å². The van der Waals surface area contributed by atoms with Crippen molar-refractivity contribution < 1.29 is 0 Å². The highest BCUT2D eigenvalue weighted by molar-refractivity contribution is 6.23. The van der Waals surface area contributed by atoms with E-state index >= 15 is 0 Å². The monoisotopic (exact) mass is 305 g/mol. The summed E-state index contributed by atoms with van der Waals surface area (Å²) in [6.07, 6.45) is 19.6. The molecule has 0 aromatic carbocycles. The molecule has 0 bridgehead atoms. The van der Waals surface area contributed by atoms with Crippen LogP contribution in [0.4, 0.5) is 0 Å². The molecule has 0 radical (unpaired) electrons. The molecule has 0 unspecified atom stereocenters. The lowest BCUT2D eigenvalue weighted by Crippen LogP contribution is -2.08. The van der Waals surface area contributed by atoms with E-state index in [-0.39, 0.29) is 11.0 Å². The van der Waals surface area contributed by atoms with E-state index in [2.05, 4.69) is 20.8 Å². The maximum atomic E-state index is 6.18. The fraction of sp³-hybridized carbons (Fsp3) is 1.00. The second kappa shape index (κ2) is 15.6. The van der Waals surface area contributed by atoms with E-state index in [0.29, 0.717) is 0 Å². The van der Waals surface area contributed by atoms with Gasteiger partial charge in [-0.2, -0.15) is 0 Å². The first-order chi connectivity index (χ1) is 9.06. The van der Waals surface area contributed by atoms with Crippen LogP contribution in [0.1, 0.15) is 111 Å². The summed E-state index contributed by atoms with van der Waals surface area (Å²) in [6, 6.07) is 0. The minimum absolute atomic E-state index is 0. The molecule has 0 fully saturated rings. The largest absolute Gasteiger partial charge is 0.344 e. The van der Waals surface area contributed by atoms with Crippen LogP contribution in [-0.4, -0.2) is 4.87 Å². The fourth-order valence-electron chi connectivity index (χ4n) is 2.56. The third-order valence-corrected chi connectivity index (χ3v) is 4.06. The summed E-state index contributed by atoms with van der Waals surface area (Å²) in [5, 5.41) is 0. The summed E-state index contributed by atoms with van der Waals surface area (Å²) in [5.41, 5.74) is 0. The normalized spacial score (nSPS) is 11.4. The van der Waals surface area contributed by atoms with Crippen LogP contribution in [0.25, 0.3) is 0 Å². The molecular formula is C18H40ClN. The highest BCUT2D eigenvalue weighted by Gasteiger charge is 2.11. The predicted octanol–water partition coefficient (Wildman–Crippen LogP) is 7.65. The van der Waals surface area contributed by atoms with E-state index in [1.807, 2.05) is 0 Å². The lowest BCUT2D eigenvalue weighted by molar-refractivity contribution is 0.517. The van der Waals surface area contributed by atoms with Gasteiger partial charge >= 0.3 is 0 Å². The molecule has 2 heteroatoms. The van der Waals surface area contributed by atoms with Crippen molar-refractivity contribution in [1.82, 2.24) is 6.15 Å². The van der Waals surface area contributed by atoms with E-state index in [1.54, 1.807) is 0 Å². The van der Waals surface area contributed by atoms with Gasteiger partial charge < -0.3 is 6.15 Å². The van der Waals surface area contributed by atoms with Gasteiger partial charge in [-0.1, -0.05) is 90.4 Å². The topological polar surface area (TPSA) is 35.0 Å². The Kier molecular flexibility index (Phi) is 17.6. The van der Waals surface area contributed by atoms with Gasteiger partial charge in [0, 0.05) is 4.87 Å². The highest BCUT2D eigenvalue weighted by atomic mass is 35.5. The van der Waals surface area contributed by atoms with Gasteiger partial charge in [0.05, 0.1) is 0 Å². The van der Waals surface area contributed by atoms with Crippen molar-refractivity contribution in [3.63, 3.8) is 0 Å². The Balaban J connectivity index is 0. The summed E-state index contributed by atoms with van der Waals surface area (Å²) < 4.78 is 0. The van der Waals surface area contributed by atoms with Gasteiger partial charge in [-0.15, -0.1) is 11.6 Å². The van der Waals surface area contributed by atoms with E-state index in [1.165, 1.54) is 83.5 Å². The summed E-state index contributed by atoms with van der Waals surface area (Å²) in [6.45, 7) is 6.53. The first kappa shape index (κ1) is 22.5. The number of hydrogen-bond acceptors (Lipinski definition) is 1. The van der Waals surface area contributed by atoms with E-state index in [9.17, 15) is 0 Å². The number of unbranched alkanes of at least 4 members (excludes halogenated alkanes) is 12. The Morgan fingerprint density at radius 1 is 0.600 bits per heavy atom. The molecule has 0 heterocycles. The second-order valence-corrected chi connectivity index (χ2v) is 7.73. The van der Waals surface area contributed by atoms with E-state index in [4.69, 9.17) is 11.6 Å². The number of alkyl halides is 1. The zero-order valence-electron chi connectivity index (χ0n) is 14.5. The molecule has 0 saturated carbocycles. The lowest BCUT2D eigenvalue weighted by atomic mass is 10.0. The molecule has 0 aliphatic heterocycles. The predicted molar refractivity (Wildman–Crippen MR) is 95.3 cm³/mol. The molecule has 0 aromatic heterocycles. The lowest BCUT2D eigenvalue weighted by Gasteiger charge is -2.14. The smallest absolute Gasteiger partial charge is 0.0390 e. The highest BCUT2D eigenvalue weighted by Crippen LogP contribution is 2.21. The molecule has 0 spiro atoms. The molecule has 3 N–H and O–H groups in total. The quantitative estimate of drug-likeness (QED) is 0.259. The van der Waals surface area contributed by atoms with Crippen molar-refractivity contribution in [3.05, 3.63) is 0 Å². The standard InChI is InChI=1S/C18H37Cl.H3N/c1-4-5-6-7-8-9-10-11-12-13-14-15-16-17-18(2,3)19;/h4-17H2,1-3H3;1H3. The molecular weight excluding hydrogens is 266 g/mol. The summed E-state index contributed by atoms with van der Waals surface area (Å²) in [7, 11) is 0. The van der Waals surface area contributed by atoms with Gasteiger partial charge in [0.25, 0.3) is 0 Å². The molecule has 0 aliphatic carbocycles. The Bertz CT molecular complexity index is 175. The molecule has 0 rings (SSSR count). The molecule has 0 aromatic rings. The van der Waals surface area contributed by atoms with Crippen LogP contribution in [-0.2, 0) is 0 Å². The van der Waals surface area contributed by atoms with Gasteiger partial charge in [0.2, 0.25) is 0 Å². The summed E-state index contributed by atoms with van der Waals surface area (Å²) in [5.74, 6) is 0. The van der Waals surface area contributed by atoms with Crippen molar-refractivity contribution in [1.29, 1.82) is 0 Å². The van der Waals surface area contributed by atoms with Crippen molar-refractivity contribution in [2.75, 3.05) is 0 Å². The molecule has 0 amide bonds. The molecule has 0 atom stereocenters. The fourth-order valence-corrected chi connectivity index (χ4v) is 2.70. The van der Waals surface area contributed by atoms with Crippen molar-refractivity contribution >= 4 is 11.6 Å². The molecule has 0 saturated heterocycles. The van der Waals surface area contributed by atoms with Gasteiger partial charge in [0.15, 0.2) is 0 Å². The van der Waals surface area contributed by atoms with E-state index in [0.717, 1.165) is 6.42 Å². The van der Waals surface area contributed by atoms with Gasteiger partial charge in [-0.3, -0.25) is 0 Å². The van der Waals surface area contributed by atoms with Gasteiger partial charge in [-0.05, 0) is 20.3 Å². The van der Waals surface area contributed by atoms with Crippen molar-refractivity contribution in [2.24, 2.45) is 0 Å². The molecule has 1 nitrogen and oxygen atoms in total. The van der Waals surface area contributed by atoms with Gasteiger partial charge in [-0.25, -0.2) is 0 Å². The Labute approximate surface area is 133 Å². The van der Waals surface area contributed by atoms with Crippen LogP contribution >= 0.6 is 11.6 Å². The number of rotatable bonds is 14. The third kappa shape index (κ3) is 20.6. The Morgan fingerprint density at radius 2 is 0.900 bits per heavy atom. The van der Waals surface area contributed by atoms with Crippen LogP contribution in [0.3, 0.4) is 0 Å². The first-order valence-electron chi connectivity index (χ1n) is 8.75. The maximum absolute atomic E-state index is 6.18. The van der Waals surface area contributed by atoms with Gasteiger partial charge in [0.1, 0.15) is 0 Å². The first-order valence-corrected chi connectivity index (χ1v) is 9.13. The second-order valence-electron chi connectivity index (χ2n) is 6.71. The van der Waals surface area contributed by atoms with Crippen LogP contribution in [0.5, 0.6) is 0 Å². The zero-order chi connectivity index (χ0) is 14.4. The SMILES string of the molecule is CCCCCCCCCCCCCCCC(C)(C)Cl.N. The Morgan fingerprint density at radius 3 is 1.20 bits per heavy atom. The average molecular weight is 306 g/mol. The van der Waals surface area contributed by atoms with Crippen LogP contribution in [0.15, 0.2) is 0 Å². The summed E-state index contributed by atoms with van der Waals surface area (Å²) >= 11 is 6.18. The van der Waals surface area contributed by atoms with Crippen molar-refractivity contribution in [3.8, 4) is 0 Å². The summed E-state index contributed by atoms with van der Waals surface area (Å²) in [4.78, 5) is 0.0117. The number of hydrogen-bond donors (Lipinski definition) is 1. The van der Waals surface area contributed by atoms with Crippen LogP contribution in [0, 0.1) is 0 Å². The zero-order valence-corrected chi connectivity index (χ0v) is 15.2. The van der Waals surface area contributed by atoms with Crippen molar-refractivity contribution in [2.45, 2.75) is 116 Å². The minimum Gasteiger partial charge on any atom is -0.344 e.